The molecule has 5 nitrogen and oxygen atoms in total. The molecule has 20 heavy (non-hydrogen) atoms. The van der Waals surface area contributed by atoms with Crippen molar-refractivity contribution in [3.8, 4) is 0 Å². The maximum Gasteiger partial charge on any atom is 0.243 e. The minimum Gasteiger partial charge on any atom is -0.342 e. The van der Waals surface area contributed by atoms with Crippen LogP contribution in [0.15, 0.2) is 29.2 Å². The van der Waals surface area contributed by atoms with Crippen LogP contribution >= 0.6 is 11.6 Å². The van der Waals surface area contributed by atoms with E-state index in [0.29, 0.717) is 18.1 Å². The van der Waals surface area contributed by atoms with Gasteiger partial charge in [-0.1, -0.05) is 11.6 Å². The van der Waals surface area contributed by atoms with E-state index in [0.717, 1.165) is 4.31 Å². The first-order valence-electron chi connectivity index (χ1n) is 6.32. The number of carbonyl (C=O) groups excluding carboxylic acids is 1. The molecular formula is C13H19ClN2O3S. The van der Waals surface area contributed by atoms with Crippen molar-refractivity contribution >= 4 is 27.5 Å². The molecule has 0 aliphatic heterocycles. The van der Waals surface area contributed by atoms with Crippen molar-refractivity contribution in [2.45, 2.75) is 18.7 Å². The van der Waals surface area contributed by atoms with Gasteiger partial charge in [0, 0.05) is 25.2 Å². The average molecular weight is 319 g/mol. The lowest BCUT2D eigenvalue weighted by Crippen LogP contribution is -2.40. The van der Waals surface area contributed by atoms with Crippen LogP contribution in [0.3, 0.4) is 0 Å². The average Bonchev–Trinajstić information content (AvgIpc) is 2.40. The Morgan fingerprint density at radius 3 is 2.10 bits per heavy atom. The summed E-state index contributed by atoms with van der Waals surface area (Å²) in [6.07, 6.45) is 0. The van der Waals surface area contributed by atoms with Gasteiger partial charge in [0.05, 0.1) is 11.4 Å². The number of carbonyl (C=O) groups is 1. The molecule has 0 bridgehead atoms. The zero-order valence-electron chi connectivity index (χ0n) is 11.8. The lowest BCUT2D eigenvalue weighted by atomic mass is 10.4. The quantitative estimate of drug-likeness (QED) is 0.804. The van der Waals surface area contributed by atoms with Gasteiger partial charge >= 0.3 is 0 Å². The third-order valence-corrected chi connectivity index (χ3v) is 5.07. The summed E-state index contributed by atoms with van der Waals surface area (Å²) in [6.45, 7) is 4.66. The van der Waals surface area contributed by atoms with Crippen molar-refractivity contribution in [2.24, 2.45) is 0 Å². The summed E-state index contributed by atoms with van der Waals surface area (Å²) in [5.41, 5.74) is 0. The predicted molar refractivity (Wildman–Crippen MR) is 79.2 cm³/mol. The SMILES string of the molecule is CCN(CC)C(=O)CN(C)S(=O)(=O)c1ccc(Cl)cc1. The van der Waals surface area contributed by atoms with Crippen molar-refractivity contribution < 1.29 is 13.2 Å². The van der Waals surface area contributed by atoms with Gasteiger partial charge in [-0.25, -0.2) is 8.42 Å². The Morgan fingerprint density at radius 2 is 1.65 bits per heavy atom. The Bertz CT molecular complexity index is 553. The summed E-state index contributed by atoms with van der Waals surface area (Å²) in [5.74, 6) is -0.213. The maximum absolute atomic E-state index is 12.3. The first-order valence-corrected chi connectivity index (χ1v) is 8.14. The van der Waals surface area contributed by atoms with Crippen LogP contribution in [0.4, 0.5) is 0 Å². The zero-order chi connectivity index (χ0) is 15.3. The van der Waals surface area contributed by atoms with E-state index in [1.165, 1.54) is 31.3 Å². The van der Waals surface area contributed by atoms with E-state index in [2.05, 4.69) is 0 Å². The maximum atomic E-state index is 12.3. The van der Waals surface area contributed by atoms with E-state index in [9.17, 15) is 13.2 Å². The zero-order valence-corrected chi connectivity index (χ0v) is 13.4. The van der Waals surface area contributed by atoms with Crippen LogP contribution < -0.4 is 0 Å². The second-order valence-corrected chi connectivity index (χ2v) is 6.76. The minimum atomic E-state index is -3.67. The first-order chi connectivity index (χ1) is 9.32. The van der Waals surface area contributed by atoms with Gasteiger partial charge < -0.3 is 4.90 Å². The number of sulfonamides is 1. The summed E-state index contributed by atoms with van der Waals surface area (Å²) in [6, 6.07) is 5.87. The standard InChI is InChI=1S/C13H19ClN2O3S/c1-4-16(5-2)13(17)10-15(3)20(18,19)12-8-6-11(14)7-9-12/h6-9H,4-5,10H2,1-3H3. The molecule has 1 rings (SSSR count). The Labute approximate surface area is 125 Å². The van der Waals surface area contributed by atoms with Gasteiger partial charge in [-0.05, 0) is 38.1 Å². The van der Waals surface area contributed by atoms with Gasteiger partial charge in [-0.15, -0.1) is 0 Å². The molecule has 1 aromatic carbocycles. The third-order valence-electron chi connectivity index (χ3n) is 3.00. The van der Waals surface area contributed by atoms with Gasteiger partial charge in [0.1, 0.15) is 0 Å². The van der Waals surface area contributed by atoms with Crippen LogP contribution in [0.25, 0.3) is 0 Å². The monoisotopic (exact) mass is 318 g/mol. The number of benzene rings is 1. The normalized spacial score (nSPS) is 11.7. The van der Waals surface area contributed by atoms with Crippen LogP contribution in [-0.4, -0.2) is 50.2 Å². The number of hydrogen-bond donors (Lipinski definition) is 0. The lowest BCUT2D eigenvalue weighted by Gasteiger charge is -2.22. The number of halogens is 1. The molecule has 7 heteroatoms. The molecule has 0 radical (unpaired) electrons. The smallest absolute Gasteiger partial charge is 0.243 e. The molecule has 0 fully saturated rings. The number of likely N-dealkylation sites (N-methyl/N-ethyl adjacent to an activating group) is 2. The van der Waals surface area contributed by atoms with E-state index in [1.807, 2.05) is 13.8 Å². The van der Waals surface area contributed by atoms with E-state index in [-0.39, 0.29) is 17.3 Å². The highest BCUT2D eigenvalue weighted by Crippen LogP contribution is 2.17. The summed E-state index contributed by atoms with van der Waals surface area (Å²) in [4.78, 5) is 13.7. The molecule has 0 atom stereocenters. The van der Waals surface area contributed by atoms with Crippen LogP contribution in [0.2, 0.25) is 5.02 Å². The molecule has 0 spiro atoms. The van der Waals surface area contributed by atoms with E-state index in [4.69, 9.17) is 11.6 Å². The van der Waals surface area contributed by atoms with E-state index in [1.54, 1.807) is 4.90 Å². The molecule has 0 aromatic heterocycles. The second-order valence-electron chi connectivity index (χ2n) is 4.28. The molecule has 0 saturated heterocycles. The highest BCUT2D eigenvalue weighted by molar-refractivity contribution is 7.89. The van der Waals surface area contributed by atoms with Crippen molar-refractivity contribution in [3.63, 3.8) is 0 Å². The lowest BCUT2D eigenvalue weighted by molar-refractivity contribution is -0.130. The molecule has 0 N–H and O–H groups in total. The Hall–Kier alpha value is -1.11. The van der Waals surface area contributed by atoms with Crippen LogP contribution in [0.5, 0.6) is 0 Å². The molecule has 0 saturated carbocycles. The summed E-state index contributed by atoms with van der Waals surface area (Å²) in [5, 5.41) is 0.464. The predicted octanol–water partition coefficient (Wildman–Crippen LogP) is 1.83. The number of rotatable bonds is 6. The summed E-state index contributed by atoms with van der Waals surface area (Å²) >= 11 is 5.74. The highest BCUT2D eigenvalue weighted by atomic mass is 35.5. The molecule has 0 aliphatic rings. The molecule has 1 aromatic rings. The highest BCUT2D eigenvalue weighted by Gasteiger charge is 2.24. The van der Waals surface area contributed by atoms with Gasteiger partial charge in [-0.2, -0.15) is 4.31 Å². The Morgan fingerprint density at radius 1 is 1.15 bits per heavy atom. The second kappa shape index (κ2) is 7.06. The first kappa shape index (κ1) is 16.9. The molecule has 112 valence electrons. The van der Waals surface area contributed by atoms with Gasteiger partial charge in [0.15, 0.2) is 0 Å². The van der Waals surface area contributed by atoms with Crippen molar-refractivity contribution in [2.75, 3.05) is 26.7 Å². The summed E-state index contributed by atoms with van der Waals surface area (Å²) in [7, 11) is -2.28. The number of hydrogen-bond acceptors (Lipinski definition) is 3. The fraction of sp³-hybridized carbons (Fsp3) is 0.462. The van der Waals surface area contributed by atoms with Gasteiger partial charge in [0.25, 0.3) is 0 Å². The fourth-order valence-corrected chi connectivity index (χ4v) is 2.98. The van der Waals surface area contributed by atoms with Crippen molar-refractivity contribution in [1.29, 1.82) is 0 Å². The summed E-state index contributed by atoms with van der Waals surface area (Å²) < 4.78 is 25.6. The largest absolute Gasteiger partial charge is 0.342 e. The third kappa shape index (κ3) is 3.94. The van der Waals surface area contributed by atoms with Crippen LogP contribution in [0, 0.1) is 0 Å². The van der Waals surface area contributed by atoms with Crippen molar-refractivity contribution in [3.05, 3.63) is 29.3 Å². The van der Waals surface area contributed by atoms with Crippen LogP contribution in [-0.2, 0) is 14.8 Å². The van der Waals surface area contributed by atoms with Gasteiger partial charge in [-0.3, -0.25) is 4.79 Å². The Balaban J connectivity index is 2.87. The Kier molecular flexibility index (Phi) is 5.98. The van der Waals surface area contributed by atoms with Crippen LogP contribution in [0.1, 0.15) is 13.8 Å². The topological polar surface area (TPSA) is 57.7 Å². The molecule has 0 unspecified atom stereocenters. The van der Waals surface area contributed by atoms with E-state index < -0.39 is 10.0 Å². The molecular weight excluding hydrogens is 300 g/mol. The molecule has 0 aliphatic carbocycles. The molecule has 1 amide bonds. The van der Waals surface area contributed by atoms with E-state index >= 15 is 0 Å². The van der Waals surface area contributed by atoms with Crippen molar-refractivity contribution in [1.82, 2.24) is 9.21 Å². The minimum absolute atomic E-state index is 0.122. The fourth-order valence-electron chi connectivity index (χ4n) is 1.74. The number of amides is 1. The number of nitrogens with zero attached hydrogens (tertiary/aromatic N) is 2. The molecule has 0 heterocycles. The van der Waals surface area contributed by atoms with Gasteiger partial charge in [0.2, 0.25) is 15.9 Å².